The lowest BCUT2D eigenvalue weighted by Crippen LogP contribution is -2.42. The third-order valence-electron chi connectivity index (χ3n) is 1.96. The molecule has 70 valence electrons. The molecule has 12 heavy (non-hydrogen) atoms. The van der Waals surface area contributed by atoms with Gasteiger partial charge in [-0.2, -0.15) is 4.31 Å². The van der Waals surface area contributed by atoms with Crippen LogP contribution in [-0.4, -0.2) is 36.6 Å². The summed E-state index contributed by atoms with van der Waals surface area (Å²) in [5.41, 5.74) is 5.41. The summed E-state index contributed by atoms with van der Waals surface area (Å²) in [4.78, 5) is 0.276. The summed E-state index contributed by atoms with van der Waals surface area (Å²) >= 11 is 4.77. The molecule has 1 atom stereocenters. The molecule has 0 bridgehead atoms. The van der Waals surface area contributed by atoms with Crippen molar-refractivity contribution in [2.45, 2.75) is 18.9 Å². The summed E-state index contributed by atoms with van der Waals surface area (Å²) in [7, 11) is -3.13. The maximum atomic E-state index is 11.2. The lowest BCUT2D eigenvalue weighted by Gasteiger charge is -2.20. The first-order valence-electron chi connectivity index (χ1n) is 3.69. The second kappa shape index (κ2) is 3.27. The number of nitrogens with two attached hydrogens (primary N) is 1. The fourth-order valence-electron chi connectivity index (χ4n) is 1.42. The van der Waals surface area contributed by atoms with E-state index in [2.05, 4.69) is 0 Å². The maximum absolute atomic E-state index is 11.2. The van der Waals surface area contributed by atoms with Crippen LogP contribution in [0.4, 0.5) is 0 Å². The summed E-state index contributed by atoms with van der Waals surface area (Å²) in [6.07, 6.45) is 2.78. The Morgan fingerprint density at radius 3 is 2.58 bits per heavy atom. The highest BCUT2D eigenvalue weighted by Gasteiger charge is 2.32. The zero-order valence-electron chi connectivity index (χ0n) is 6.86. The standard InChI is InChI=1S/C6H12N2O2S2/c1-12(9,10)8-4-2-3-5(8)6(7)11/h5H,2-4H2,1H3,(H2,7,11). The van der Waals surface area contributed by atoms with Gasteiger partial charge >= 0.3 is 0 Å². The van der Waals surface area contributed by atoms with Crippen LogP contribution in [0.25, 0.3) is 0 Å². The molecule has 0 saturated carbocycles. The number of hydrogen-bond donors (Lipinski definition) is 1. The monoisotopic (exact) mass is 208 g/mol. The van der Waals surface area contributed by atoms with Crippen molar-refractivity contribution < 1.29 is 8.42 Å². The molecule has 1 aliphatic heterocycles. The van der Waals surface area contributed by atoms with E-state index in [1.807, 2.05) is 0 Å². The number of nitrogens with zero attached hydrogens (tertiary/aromatic N) is 1. The summed E-state index contributed by atoms with van der Waals surface area (Å²) in [6.45, 7) is 0.543. The van der Waals surface area contributed by atoms with E-state index in [1.54, 1.807) is 0 Å². The van der Waals surface area contributed by atoms with Gasteiger partial charge in [0.15, 0.2) is 0 Å². The van der Waals surface area contributed by atoms with Crippen LogP contribution in [0.5, 0.6) is 0 Å². The normalized spacial score (nSPS) is 25.9. The molecule has 0 aromatic carbocycles. The van der Waals surface area contributed by atoms with Crippen LogP contribution >= 0.6 is 12.2 Å². The average molecular weight is 208 g/mol. The number of rotatable bonds is 2. The Hall–Kier alpha value is -0.200. The molecule has 0 aromatic rings. The van der Waals surface area contributed by atoms with Gasteiger partial charge in [0.25, 0.3) is 0 Å². The van der Waals surface area contributed by atoms with Crippen LogP contribution in [0, 0.1) is 0 Å². The zero-order chi connectivity index (χ0) is 9.35. The lowest BCUT2D eigenvalue weighted by molar-refractivity contribution is 0.451. The quantitative estimate of drug-likeness (QED) is 0.633. The summed E-state index contributed by atoms with van der Waals surface area (Å²) in [5.74, 6) is 0. The van der Waals surface area contributed by atoms with Crippen LogP contribution in [0.3, 0.4) is 0 Å². The van der Waals surface area contributed by atoms with Gasteiger partial charge in [-0.1, -0.05) is 12.2 Å². The van der Waals surface area contributed by atoms with Gasteiger partial charge in [0.05, 0.1) is 17.3 Å². The third kappa shape index (κ3) is 1.94. The van der Waals surface area contributed by atoms with E-state index >= 15 is 0 Å². The fourth-order valence-corrected chi connectivity index (χ4v) is 2.88. The van der Waals surface area contributed by atoms with Crippen molar-refractivity contribution in [3.05, 3.63) is 0 Å². The summed E-state index contributed by atoms with van der Waals surface area (Å²) in [5, 5.41) is 0. The average Bonchev–Trinajstić information content (AvgIpc) is 2.30. The predicted molar refractivity (Wildman–Crippen MR) is 51.4 cm³/mol. The molecule has 0 aliphatic carbocycles. The molecule has 1 saturated heterocycles. The Balaban J connectivity index is 2.85. The first kappa shape index (κ1) is 9.88. The zero-order valence-corrected chi connectivity index (χ0v) is 8.49. The first-order valence-corrected chi connectivity index (χ1v) is 5.94. The SMILES string of the molecule is CS(=O)(=O)N1CCCC1C(N)=S. The Labute approximate surface area is 77.8 Å². The fraction of sp³-hybridized carbons (Fsp3) is 0.833. The van der Waals surface area contributed by atoms with Crippen LogP contribution in [0.1, 0.15) is 12.8 Å². The summed E-state index contributed by atoms with van der Waals surface area (Å²) in [6, 6.07) is -0.255. The topological polar surface area (TPSA) is 63.4 Å². The van der Waals surface area contributed by atoms with Gasteiger partial charge in [-0.3, -0.25) is 0 Å². The van der Waals surface area contributed by atoms with E-state index in [0.717, 1.165) is 12.8 Å². The molecule has 4 nitrogen and oxygen atoms in total. The van der Waals surface area contributed by atoms with Gasteiger partial charge in [-0.05, 0) is 12.8 Å². The third-order valence-corrected chi connectivity index (χ3v) is 3.52. The summed E-state index contributed by atoms with van der Waals surface area (Å²) < 4.78 is 23.7. The van der Waals surface area contributed by atoms with Crippen LogP contribution < -0.4 is 5.73 Å². The van der Waals surface area contributed by atoms with E-state index in [-0.39, 0.29) is 11.0 Å². The molecule has 0 radical (unpaired) electrons. The molecule has 1 heterocycles. The maximum Gasteiger partial charge on any atom is 0.211 e. The van der Waals surface area contributed by atoms with Crippen LogP contribution in [0.2, 0.25) is 0 Å². The van der Waals surface area contributed by atoms with E-state index < -0.39 is 10.0 Å². The molecule has 6 heteroatoms. The number of thiocarbonyl (C=S) groups is 1. The Kier molecular flexibility index (Phi) is 2.70. The van der Waals surface area contributed by atoms with E-state index in [4.69, 9.17) is 18.0 Å². The largest absolute Gasteiger partial charge is 0.392 e. The van der Waals surface area contributed by atoms with E-state index in [0.29, 0.717) is 6.54 Å². The second-order valence-corrected chi connectivity index (χ2v) is 5.34. The van der Waals surface area contributed by atoms with Crippen molar-refractivity contribution in [1.29, 1.82) is 0 Å². The first-order chi connectivity index (χ1) is 5.43. The molecule has 0 aromatic heterocycles. The van der Waals surface area contributed by atoms with Gasteiger partial charge in [0.2, 0.25) is 10.0 Å². The van der Waals surface area contributed by atoms with Crippen molar-refractivity contribution in [3.63, 3.8) is 0 Å². The molecular formula is C6H12N2O2S2. The Morgan fingerprint density at radius 1 is 1.67 bits per heavy atom. The molecule has 2 N–H and O–H groups in total. The van der Waals surface area contributed by atoms with Crippen LogP contribution in [0.15, 0.2) is 0 Å². The van der Waals surface area contributed by atoms with Crippen molar-refractivity contribution in [2.75, 3.05) is 12.8 Å². The van der Waals surface area contributed by atoms with Gasteiger partial charge in [-0.25, -0.2) is 8.42 Å². The van der Waals surface area contributed by atoms with Crippen molar-refractivity contribution in [1.82, 2.24) is 4.31 Å². The molecular weight excluding hydrogens is 196 g/mol. The van der Waals surface area contributed by atoms with E-state index in [1.165, 1.54) is 10.6 Å². The lowest BCUT2D eigenvalue weighted by atomic mass is 10.2. The Morgan fingerprint density at radius 2 is 2.25 bits per heavy atom. The molecule has 0 spiro atoms. The number of hydrogen-bond acceptors (Lipinski definition) is 3. The predicted octanol–water partition coefficient (Wildman–Crippen LogP) is -0.304. The number of sulfonamides is 1. The molecule has 1 fully saturated rings. The molecule has 1 unspecified atom stereocenters. The van der Waals surface area contributed by atoms with Gasteiger partial charge in [0, 0.05) is 6.54 Å². The molecule has 0 amide bonds. The highest BCUT2D eigenvalue weighted by molar-refractivity contribution is 7.88. The van der Waals surface area contributed by atoms with Crippen molar-refractivity contribution in [2.24, 2.45) is 5.73 Å². The van der Waals surface area contributed by atoms with Crippen molar-refractivity contribution >= 4 is 27.2 Å². The van der Waals surface area contributed by atoms with Gasteiger partial charge in [0.1, 0.15) is 0 Å². The second-order valence-electron chi connectivity index (χ2n) is 2.93. The molecule has 1 aliphatic rings. The van der Waals surface area contributed by atoms with Crippen LogP contribution in [-0.2, 0) is 10.0 Å². The van der Waals surface area contributed by atoms with Crippen molar-refractivity contribution in [3.8, 4) is 0 Å². The van der Waals surface area contributed by atoms with Gasteiger partial charge in [-0.15, -0.1) is 0 Å². The minimum absolute atomic E-state index is 0.255. The minimum atomic E-state index is -3.13. The Bertz CT molecular complexity index is 286. The van der Waals surface area contributed by atoms with E-state index in [9.17, 15) is 8.42 Å². The smallest absolute Gasteiger partial charge is 0.211 e. The van der Waals surface area contributed by atoms with Gasteiger partial charge < -0.3 is 5.73 Å². The highest BCUT2D eigenvalue weighted by Crippen LogP contribution is 2.20. The molecule has 1 rings (SSSR count). The highest BCUT2D eigenvalue weighted by atomic mass is 32.2. The minimum Gasteiger partial charge on any atom is -0.392 e.